The van der Waals surface area contributed by atoms with E-state index in [-0.39, 0.29) is 6.04 Å². The summed E-state index contributed by atoms with van der Waals surface area (Å²) in [4.78, 5) is 2.34. The van der Waals surface area contributed by atoms with Crippen molar-refractivity contribution in [3.63, 3.8) is 0 Å². The van der Waals surface area contributed by atoms with Gasteiger partial charge in [-0.25, -0.2) is 0 Å². The summed E-state index contributed by atoms with van der Waals surface area (Å²) in [5, 5.41) is 10.1. The van der Waals surface area contributed by atoms with Crippen LogP contribution >= 0.6 is 0 Å². The highest BCUT2D eigenvalue weighted by Gasteiger charge is 2.20. The summed E-state index contributed by atoms with van der Waals surface area (Å²) in [7, 11) is 1.60. The third-order valence-corrected chi connectivity index (χ3v) is 3.49. The molecule has 100 valence electrons. The van der Waals surface area contributed by atoms with Crippen LogP contribution in [0.4, 0.5) is 0 Å². The van der Waals surface area contributed by atoms with Crippen LogP contribution in [0.25, 0.3) is 0 Å². The Balaban J connectivity index is 2.14. The molecule has 0 aliphatic carbocycles. The van der Waals surface area contributed by atoms with Crippen molar-refractivity contribution in [3.05, 3.63) is 23.8 Å². The SMILES string of the molecule is COc1ccc(C(C)N2CCCOCC2)c(O)c1. The van der Waals surface area contributed by atoms with Gasteiger partial charge in [-0.3, -0.25) is 4.90 Å². The number of aromatic hydroxyl groups is 1. The lowest BCUT2D eigenvalue weighted by Crippen LogP contribution is -2.29. The molecule has 1 fully saturated rings. The minimum atomic E-state index is 0.192. The molecule has 0 saturated carbocycles. The molecule has 0 amide bonds. The average molecular weight is 251 g/mol. The van der Waals surface area contributed by atoms with E-state index in [1.54, 1.807) is 13.2 Å². The Morgan fingerprint density at radius 1 is 1.33 bits per heavy atom. The number of benzene rings is 1. The molecule has 0 radical (unpaired) electrons. The van der Waals surface area contributed by atoms with Gasteiger partial charge in [-0.05, 0) is 19.4 Å². The maximum absolute atomic E-state index is 10.1. The van der Waals surface area contributed by atoms with E-state index in [1.165, 1.54) is 0 Å². The van der Waals surface area contributed by atoms with Gasteiger partial charge in [0.25, 0.3) is 0 Å². The minimum Gasteiger partial charge on any atom is -0.507 e. The maximum atomic E-state index is 10.1. The zero-order chi connectivity index (χ0) is 13.0. The molecule has 1 aliphatic rings. The number of rotatable bonds is 3. The Morgan fingerprint density at radius 2 is 2.17 bits per heavy atom. The van der Waals surface area contributed by atoms with Crippen LogP contribution in [0.2, 0.25) is 0 Å². The molecule has 1 aromatic carbocycles. The van der Waals surface area contributed by atoms with Crippen molar-refractivity contribution in [2.24, 2.45) is 0 Å². The van der Waals surface area contributed by atoms with Crippen LogP contribution in [0.1, 0.15) is 24.9 Å². The quantitative estimate of drug-likeness (QED) is 0.894. The second-order valence-corrected chi connectivity index (χ2v) is 4.60. The number of phenols is 1. The first-order valence-corrected chi connectivity index (χ1v) is 6.41. The van der Waals surface area contributed by atoms with Gasteiger partial charge < -0.3 is 14.6 Å². The molecular formula is C14H21NO3. The Kier molecular flexibility index (Phi) is 4.44. The molecule has 1 aromatic rings. The highest BCUT2D eigenvalue weighted by atomic mass is 16.5. The summed E-state index contributed by atoms with van der Waals surface area (Å²) in [6, 6.07) is 5.68. The first kappa shape index (κ1) is 13.2. The highest BCUT2D eigenvalue weighted by Crippen LogP contribution is 2.31. The fourth-order valence-corrected chi connectivity index (χ4v) is 2.35. The van der Waals surface area contributed by atoms with Crippen LogP contribution in [0.3, 0.4) is 0 Å². The normalized spacial score (nSPS) is 19.2. The van der Waals surface area contributed by atoms with E-state index >= 15 is 0 Å². The minimum absolute atomic E-state index is 0.192. The summed E-state index contributed by atoms with van der Waals surface area (Å²) < 4.78 is 10.6. The lowest BCUT2D eigenvalue weighted by atomic mass is 10.1. The van der Waals surface area contributed by atoms with Crippen molar-refractivity contribution in [2.45, 2.75) is 19.4 Å². The molecule has 0 bridgehead atoms. The predicted molar refractivity (Wildman–Crippen MR) is 70.1 cm³/mol. The molecule has 0 spiro atoms. The van der Waals surface area contributed by atoms with Crippen molar-refractivity contribution in [1.29, 1.82) is 0 Å². The second-order valence-electron chi connectivity index (χ2n) is 4.60. The summed E-state index contributed by atoms with van der Waals surface area (Å²) in [5.74, 6) is 0.981. The monoisotopic (exact) mass is 251 g/mol. The molecule has 4 heteroatoms. The van der Waals surface area contributed by atoms with E-state index in [4.69, 9.17) is 9.47 Å². The maximum Gasteiger partial charge on any atom is 0.124 e. The van der Waals surface area contributed by atoms with E-state index in [0.29, 0.717) is 11.5 Å². The molecule has 2 rings (SSSR count). The molecule has 1 unspecified atom stereocenters. The number of nitrogens with zero attached hydrogens (tertiary/aromatic N) is 1. The zero-order valence-electron chi connectivity index (χ0n) is 11.1. The summed E-state index contributed by atoms with van der Waals surface area (Å²) in [6.45, 7) is 5.63. The summed E-state index contributed by atoms with van der Waals surface area (Å²) in [6.07, 6.45) is 1.04. The zero-order valence-corrected chi connectivity index (χ0v) is 11.1. The van der Waals surface area contributed by atoms with Crippen LogP contribution in [0, 0.1) is 0 Å². The van der Waals surface area contributed by atoms with Gasteiger partial charge in [0, 0.05) is 37.4 Å². The van der Waals surface area contributed by atoms with Crippen LogP contribution in [-0.2, 0) is 4.74 Å². The van der Waals surface area contributed by atoms with Gasteiger partial charge in [0.2, 0.25) is 0 Å². The van der Waals surface area contributed by atoms with E-state index in [9.17, 15) is 5.11 Å². The largest absolute Gasteiger partial charge is 0.507 e. The van der Waals surface area contributed by atoms with E-state index in [2.05, 4.69) is 11.8 Å². The van der Waals surface area contributed by atoms with Gasteiger partial charge in [-0.2, -0.15) is 0 Å². The Labute approximate surface area is 108 Å². The number of phenolic OH excluding ortho intramolecular Hbond substituents is 1. The van der Waals surface area contributed by atoms with Crippen LogP contribution in [0.5, 0.6) is 11.5 Å². The fourth-order valence-electron chi connectivity index (χ4n) is 2.35. The smallest absolute Gasteiger partial charge is 0.124 e. The summed E-state index contributed by atoms with van der Waals surface area (Å²) >= 11 is 0. The van der Waals surface area contributed by atoms with Crippen molar-refractivity contribution < 1.29 is 14.6 Å². The van der Waals surface area contributed by atoms with Crippen LogP contribution in [0.15, 0.2) is 18.2 Å². The molecule has 1 saturated heterocycles. The van der Waals surface area contributed by atoms with Gasteiger partial charge >= 0.3 is 0 Å². The Morgan fingerprint density at radius 3 is 2.89 bits per heavy atom. The molecule has 1 atom stereocenters. The first-order chi connectivity index (χ1) is 8.72. The third kappa shape index (κ3) is 2.94. The Hall–Kier alpha value is -1.26. The number of hydrogen-bond donors (Lipinski definition) is 1. The van der Waals surface area contributed by atoms with Gasteiger partial charge in [0.1, 0.15) is 11.5 Å². The average Bonchev–Trinajstić information content (AvgIpc) is 2.66. The predicted octanol–water partition coefficient (Wildman–Crippen LogP) is 2.18. The van der Waals surface area contributed by atoms with E-state index in [1.807, 2.05) is 12.1 Å². The van der Waals surface area contributed by atoms with E-state index in [0.717, 1.165) is 38.3 Å². The van der Waals surface area contributed by atoms with Crippen LogP contribution in [-0.4, -0.2) is 43.4 Å². The molecule has 1 N–H and O–H groups in total. The summed E-state index contributed by atoms with van der Waals surface area (Å²) in [5.41, 5.74) is 0.942. The first-order valence-electron chi connectivity index (χ1n) is 6.41. The number of hydrogen-bond acceptors (Lipinski definition) is 4. The highest BCUT2D eigenvalue weighted by molar-refractivity contribution is 5.41. The third-order valence-electron chi connectivity index (χ3n) is 3.49. The van der Waals surface area contributed by atoms with Crippen molar-refractivity contribution in [1.82, 2.24) is 4.90 Å². The van der Waals surface area contributed by atoms with Crippen molar-refractivity contribution in [3.8, 4) is 11.5 Å². The van der Waals surface area contributed by atoms with Gasteiger partial charge in [-0.1, -0.05) is 6.07 Å². The molecule has 18 heavy (non-hydrogen) atoms. The van der Waals surface area contributed by atoms with Crippen molar-refractivity contribution in [2.75, 3.05) is 33.4 Å². The lowest BCUT2D eigenvalue weighted by Gasteiger charge is -2.27. The second kappa shape index (κ2) is 6.07. The van der Waals surface area contributed by atoms with Crippen molar-refractivity contribution >= 4 is 0 Å². The van der Waals surface area contributed by atoms with Gasteiger partial charge in [0.05, 0.1) is 13.7 Å². The molecule has 1 heterocycles. The van der Waals surface area contributed by atoms with E-state index < -0.39 is 0 Å². The van der Waals surface area contributed by atoms with Gasteiger partial charge in [0.15, 0.2) is 0 Å². The lowest BCUT2D eigenvalue weighted by molar-refractivity contribution is 0.133. The number of methoxy groups -OCH3 is 1. The molecule has 0 aromatic heterocycles. The Bertz CT molecular complexity index is 387. The fraction of sp³-hybridized carbons (Fsp3) is 0.571. The standard InChI is InChI=1S/C14H21NO3/c1-11(15-6-3-8-18-9-7-15)13-5-4-12(17-2)10-14(13)16/h4-5,10-11,16H,3,6-9H2,1-2H3. The molecule has 1 aliphatic heterocycles. The van der Waals surface area contributed by atoms with Crippen LogP contribution < -0.4 is 4.74 Å². The van der Waals surface area contributed by atoms with Gasteiger partial charge in [-0.15, -0.1) is 0 Å². The number of ether oxygens (including phenoxy) is 2. The topological polar surface area (TPSA) is 41.9 Å². The molecule has 4 nitrogen and oxygen atoms in total. The molecular weight excluding hydrogens is 230 g/mol.